The molecule has 0 saturated carbocycles. The fourth-order valence-corrected chi connectivity index (χ4v) is 3.47. The number of hydrogen-bond donors (Lipinski definition) is 2. The molecular weight excluding hydrogens is 312 g/mol. The molecule has 4 nitrogen and oxygen atoms in total. The van der Waals surface area contributed by atoms with Gasteiger partial charge in [0, 0.05) is 29.6 Å². The van der Waals surface area contributed by atoms with Crippen LogP contribution in [0.1, 0.15) is 21.0 Å². The first-order valence-corrected chi connectivity index (χ1v) is 9.16. The number of benzene rings is 1. The lowest BCUT2D eigenvalue weighted by Gasteiger charge is -2.13. The minimum absolute atomic E-state index is 0.696. The minimum atomic E-state index is 0.696. The molecule has 22 heavy (non-hydrogen) atoms. The summed E-state index contributed by atoms with van der Waals surface area (Å²) in [4.78, 5) is 11.1. The fourth-order valence-electron chi connectivity index (χ4n) is 2.04. The molecule has 0 atom stereocenters. The molecule has 0 aliphatic rings. The van der Waals surface area contributed by atoms with Crippen LogP contribution in [0.4, 0.5) is 0 Å². The second kappa shape index (κ2) is 8.19. The zero-order valence-electron chi connectivity index (χ0n) is 13.4. The second-order valence-electron chi connectivity index (χ2n) is 4.96. The van der Waals surface area contributed by atoms with Crippen molar-refractivity contribution in [1.82, 2.24) is 15.6 Å². The first kappa shape index (κ1) is 16.8. The quantitative estimate of drug-likeness (QED) is 0.500. The summed E-state index contributed by atoms with van der Waals surface area (Å²) in [7, 11) is 1.78. The molecule has 0 fully saturated rings. The molecule has 2 aromatic rings. The molecule has 0 amide bonds. The number of rotatable bonds is 5. The van der Waals surface area contributed by atoms with E-state index in [9.17, 15) is 0 Å². The van der Waals surface area contributed by atoms with Gasteiger partial charge in [0.25, 0.3) is 0 Å². The predicted octanol–water partition coefficient (Wildman–Crippen LogP) is 3.35. The van der Waals surface area contributed by atoms with Gasteiger partial charge >= 0.3 is 0 Å². The van der Waals surface area contributed by atoms with E-state index >= 15 is 0 Å². The zero-order valence-corrected chi connectivity index (χ0v) is 15.1. The highest BCUT2D eigenvalue weighted by Crippen LogP contribution is 2.21. The van der Waals surface area contributed by atoms with Crippen LogP contribution >= 0.6 is 23.1 Å². The third-order valence-electron chi connectivity index (χ3n) is 3.19. The van der Waals surface area contributed by atoms with Crippen LogP contribution in [-0.2, 0) is 13.1 Å². The van der Waals surface area contributed by atoms with Gasteiger partial charge in [-0.3, -0.25) is 4.99 Å². The molecule has 0 spiro atoms. The Balaban J connectivity index is 1.91. The molecule has 1 aromatic carbocycles. The summed E-state index contributed by atoms with van der Waals surface area (Å²) in [6.45, 7) is 5.64. The Labute approximate surface area is 140 Å². The molecule has 0 aliphatic carbocycles. The highest BCUT2D eigenvalue weighted by molar-refractivity contribution is 7.98. The van der Waals surface area contributed by atoms with Crippen LogP contribution in [0.2, 0.25) is 0 Å². The van der Waals surface area contributed by atoms with Crippen LogP contribution in [0.15, 0.2) is 34.3 Å². The number of guanidine groups is 1. The Morgan fingerprint density at radius 2 is 2.05 bits per heavy atom. The van der Waals surface area contributed by atoms with Gasteiger partial charge in [0.1, 0.15) is 5.01 Å². The highest BCUT2D eigenvalue weighted by atomic mass is 32.2. The standard InChI is InChI=1S/C16H22N4S2/c1-11-5-6-13(14(7-11)21-4)9-19-16(17-3)20-10-15-18-8-12(2)22-15/h5-8H,9-10H2,1-4H3,(H2,17,19,20). The maximum atomic E-state index is 4.35. The van der Waals surface area contributed by atoms with Gasteiger partial charge in [-0.15, -0.1) is 23.1 Å². The van der Waals surface area contributed by atoms with Gasteiger partial charge in [-0.05, 0) is 37.3 Å². The van der Waals surface area contributed by atoms with E-state index < -0.39 is 0 Å². The number of aromatic nitrogens is 1. The predicted molar refractivity (Wildman–Crippen MR) is 96.8 cm³/mol. The number of hydrogen-bond acceptors (Lipinski definition) is 4. The van der Waals surface area contributed by atoms with Gasteiger partial charge in [-0.2, -0.15) is 0 Å². The monoisotopic (exact) mass is 334 g/mol. The number of aryl methyl sites for hydroxylation is 2. The Morgan fingerprint density at radius 3 is 2.68 bits per heavy atom. The van der Waals surface area contributed by atoms with Crippen LogP contribution in [0, 0.1) is 13.8 Å². The SMILES string of the molecule is CN=C(NCc1ncc(C)s1)NCc1ccc(C)cc1SC. The number of thiazole rings is 1. The smallest absolute Gasteiger partial charge is 0.191 e. The van der Waals surface area contributed by atoms with Crippen molar-refractivity contribution in [2.24, 2.45) is 4.99 Å². The lowest BCUT2D eigenvalue weighted by Crippen LogP contribution is -2.36. The molecule has 0 bridgehead atoms. The maximum absolute atomic E-state index is 4.35. The molecule has 0 unspecified atom stereocenters. The van der Waals surface area contributed by atoms with Crippen molar-refractivity contribution in [2.75, 3.05) is 13.3 Å². The minimum Gasteiger partial charge on any atom is -0.352 e. The van der Waals surface area contributed by atoms with Crippen LogP contribution in [0.25, 0.3) is 0 Å². The van der Waals surface area contributed by atoms with E-state index in [0.717, 1.165) is 17.5 Å². The van der Waals surface area contributed by atoms with Crippen LogP contribution in [0.5, 0.6) is 0 Å². The molecule has 118 valence electrons. The average Bonchev–Trinajstić information content (AvgIpc) is 2.94. The van der Waals surface area contributed by atoms with E-state index in [-0.39, 0.29) is 0 Å². The summed E-state index contributed by atoms with van der Waals surface area (Å²) in [5.74, 6) is 0.792. The molecular formula is C16H22N4S2. The van der Waals surface area contributed by atoms with Crippen molar-refractivity contribution in [2.45, 2.75) is 31.8 Å². The molecule has 2 rings (SSSR count). The molecule has 1 heterocycles. The first-order chi connectivity index (χ1) is 10.6. The van der Waals surface area contributed by atoms with Crippen molar-refractivity contribution >= 4 is 29.1 Å². The zero-order chi connectivity index (χ0) is 15.9. The van der Waals surface area contributed by atoms with E-state index in [1.807, 2.05) is 6.20 Å². The summed E-state index contributed by atoms with van der Waals surface area (Å²) in [5.41, 5.74) is 2.57. The highest BCUT2D eigenvalue weighted by Gasteiger charge is 2.05. The van der Waals surface area contributed by atoms with Crippen LogP contribution in [0.3, 0.4) is 0 Å². The fraction of sp³-hybridized carbons (Fsp3) is 0.375. The van der Waals surface area contributed by atoms with Gasteiger partial charge in [-0.25, -0.2) is 4.98 Å². The molecule has 6 heteroatoms. The first-order valence-electron chi connectivity index (χ1n) is 7.11. The third-order valence-corrected chi connectivity index (χ3v) is 4.92. The van der Waals surface area contributed by atoms with E-state index in [0.29, 0.717) is 6.54 Å². The molecule has 0 saturated heterocycles. The van der Waals surface area contributed by atoms with Crippen molar-refractivity contribution in [1.29, 1.82) is 0 Å². The van der Waals surface area contributed by atoms with Crippen LogP contribution in [-0.4, -0.2) is 24.2 Å². The topological polar surface area (TPSA) is 49.3 Å². The summed E-state index contributed by atoms with van der Waals surface area (Å²) >= 11 is 3.48. The third kappa shape index (κ3) is 4.74. The molecule has 0 radical (unpaired) electrons. The Morgan fingerprint density at radius 1 is 1.27 bits per heavy atom. The Hall–Kier alpha value is -1.53. The Bertz CT molecular complexity index is 649. The Kier molecular flexibility index (Phi) is 6.27. The number of nitrogens with one attached hydrogen (secondary N) is 2. The lowest BCUT2D eigenvalue weighted by atomic mass is 10.1. The molecule has 1 aromatic heterocycles. The van der Waals surface area contributed by atoms with Gasteiger partial charge in [0.2, 0.25) is 0 Å². The van der Waals surface area contributed by atoms with Crippen molar-refractivity contribution in [3.8, 4) is 0 Å². The van der Waals surface area contributed by atoms with Crippen molar-refractivity contribution < 1.29 is 0 Å². The van der Waals surface area contributed by atoms with Crippen molar-refractivity contribution in [3.05, 3.63) is 45.4 Å². The largest absolute Gasteiger partial charge is 0.352 e. The van der Waals surface area contributed by atoms with Gasteiger partial charge < -0.3 is 10.6 Å². The summed E-state index contributed by atoms with van der Waals surface area (Å²) in [5, 5.41) is 7.73. The number of thioether (sulfide) groups is 1. The van der Waals surface area contributed by atoms with Gasteiger partial charge in [-0.1, -0.05) is 12.1 Å². The van der Waals surface area contributed by atoms with E-state index in [1.54, 1.807) is 30.1 Å². The summed E-state index contributed by atoms with van der Waals surface area (Å²) < 4.78 is 0. The molecule has 2 N–H and O–H groups in total. The van der Waals surface area contributed by atoms with Crippen molar-refractivity contribution in [3.63, 3.8) is 0 Å². The second-order valence-corrected chi connectivity index (χ2v) is 7.13. The van der Waals surface area contributed by atoms with Crippen LogP contribution < -0.4 is 10.6 Å². The maximum Gasteiger partial charge on any atom is 0.191 e. The number of aliphatic imine (C=N–C) groups is 1. The summed E-state index contributed by atoms with van der Waals surface area (Å²) in [6, 6.07) is 6.53. The average molecular weight is 335 g/mol. The van der Waals surface area contributed by atoms with Gasteiger partial charge in [0.05, 0.1) is 6.54 Å². The van der Waals surface area contributed by atoms with E-state index in [2.05, 4.69) is 58.9 Å². The number of nitrogens with zero attached hydrogens (tertiary/aromatic N) is 2. The normalized spacial score (nSPS) is 11.5. The summed E-state index contributed by atoms with van der Waals surface area (Å²) in [6.07, 6.45) is 4.01. The molecule has 0 aliphatic heterocycles. The van der Waals surface area contributed by atoms with Gasteiger partial charge in [0.15, 0.2) is 5.96 Å². The van der Waals surface area contributed by atoms with E-state index in [4.69, 9.17) is 0 Å². The van der Waals surface area contributed by atoms with E-state index in [1.165, 1.54) is 20.9 Å². The lowest BCUT2D eigenvalue weighted by molar-refractivity contribution is 0.797.